The molecular formula is C35H51N7O7. The summed E-state index contributed by atoms with van der Waals surface area (Å²) in [6.07, 6.45) is 0. The molecule has 49 heavy (non-hydrogen) atoms. The van der Waals surface area contributed by atoms with Crippen LogP contribution in [0.4, 0.5) is 0 Å². The Balaban J connectivity index is 1.30. The van der Waals surface area contributed by atoms with Crippen molar-refractivity contribution in [3.8, 4) is 17.0 Å². The molecule has 1 aromatic heterocycles. The lowest BCUT2D eigenvalue weighted by molar-refractivity contribution is 0.00962. The smallest absolute Gasteiger partial charge is 0.263 e. The van der Waals surface area contributed by atoms with Gasteiger partial charge in [0.2, 0.25) is 5.88 Å². The van der Waals surface area contributed by atoms with E-state index in [-0.39, 0.29) is 43.1 Å². The molecule has 268 valence electrons. The molecular weight excluding hydrogens is 630 g/mol. The van der Waals surface area contributed by atoms with Gasteiger partial charge < -0.3 is 34.0 Å². The summed E-state index contributed by atoms with van der Waals surface area (Å²) in [4.78, 5) is 54.6. The summed E-state index contributed by atoms with van der Waals surface area (Å²) in [6.45, 7) is 9.79. The second-order valence-corrected chi connectivity index (χ2v) is 13.2. The minimum atomic E-state index is -0.446. The molecule has 0 amide bonds. The summed E-state index contributed by atoms with van der Waals surface area (Å²) in [6, 6.07) is 4.89. The van der Waals surface area contributed by atoms with Crippen LogP contribution >= 0.6 is 0 Å². The predicted molar refractivity (Wildman–Crippen MR) is 191 cm³/mol. The summed E-state index contributed by atoms with van der Waals surface area (Å²) in [5, 5.41) is 13.0. The first-order valence-corrected chi connectivity index (χ1v) is 17.1. The maximum Gasteiger partial charge on any atom is 0.263 e. The summed E-state index contributed by atoms with van der Waals surface area (Å²) in [5.74, 6) is -0.201. The van der Waals surface area contributed by atoms with E-state index in [0.29, 0.717) is 73.2 Å². The van der Waals surface area contributed by atoms with E-state index in [4.69, 9.17) is 19.2 Å². The lowest BCUT2D eigenvalue weighted by atomic mass is 9.90. The Morgan fingerprint density at radius 1 is 0.714 bits per heavy atom. The molecule has 2 aromatic rings. The molecule has 0 radical (unpaired) electrons. The first kappa shape index (κ1) is 36.8. The summed E-state index contributed by atoms with van der Waals surface area (Å²) in [5.41, 5.74) is -0.625. The van der Waals surface area contributed by atoms with Crippen molar-refractivity contribution in [3.63, 3.8) is 0 Å². The second kappa shape index (κ2) is 16.9. The molecule has 1 aliphatic carbocycles. The van der Waals surface area contributed by atoms with Crippen LogP contribution < -0.4 is 22.0 Å². The molecule has 0 unspecified atom stereocenters. The first-order valence-electron chi connectivity index (χ1n) is 17.1. The second-order valence-electron chi connectivity index (χ2n) is 13.2. The minimum absolute atomic E-state index is 0.201. The van der Waals surface area contributed by atoms with E-state index in [9.17, 15) is 19.5 Å². The predicted octanol–water partition coefficient (Wildman–Crippen LogP) is -0.316. The number of benzene rings is 2. The molecule has 1 aromatic carbocycles. The van der Waals surface area contributed by atoms with Gasteiger partial charge in [-0.05, 0) is 53.4 Å². The van der Waals surface area contributed by atoms with E-state index in [1.807, 2.05) is 38.0 Å². The largest absolute Gasteiger partial charge is 0.494 e. The zero-order chi connectivity index (χ0) is 35.1. The monoisotopic (exact) mass is 681 g/mol. The van der Waals surface area contributed by atoms with Crippen molar-refractivity contribution in [2.24, 2.45) is 4.99 Å². The molecule has 3 heterocycles. The quantitative estimate of drug-likeness (QED) is 0.110. The van der Waals surface area contributed by atoms with Gasteiger partial charge in [-0.2, -0.15) is 0 Å². The van der Waals surface area contributed by atoms with E-state index >= 15 is 0 Å². The summed E-state index contributed by atoms with van der Waals surface area (Å²) < 4.78 is 19.7. The normalized spacial score (nSPS) is 15.4. The average molecular weight is 682 g/mol. The van der Waals surface area contributed by atoms with Gasteiger partial charge in [-0.3, -0.25) is 33.4 Å². The topological polar surface area (TPSA) is 134 Å². The highest BCUT2D eigenvalue weighted by Crippen LogP contribution is 2.36. The van der Waals surface area contributed by atoms with Crippen LogP contribution in [-0.4, -0.2) is 161 Å². The zero-order valence-electron chi connectivity index (χ0n) is 29.6. The van der Waals surface area contributed by atoms with Crippen LogP contribution in [0, 0.1) is 0 Å². The number of ether oxygens (including phenoxy) is 3. The summed E-state index contributed by atoms with van der Waals surface area (Å²) in [7, 11) is 9.68. The Hall–Kier alpha value is -3.50. The Morgan fingerprint density at radius 3 is 1.96 bits per heavy atom. The lowest BCUT2D eigenvalue weighted by Crippen LogP contribution is -2.45. The number of aromatic hydroxyl groups is 1. The molecule has 0 spiro atoms. The van der Waals surface area contributed by atoms with Crippen molar-refractivity contribution in [1.29, 1.82) is 0 Å². The number of aromatic nitrogens is 2. The van der Waals surface area contributed by atoms with Crippen molar-refractivity contribution in [2.75, 3.05) is 127 Å². The van der Waals surface area contributed by atoms with Gasteiger partial charge in [-0.1, -0.05) is 0 Å². The maximum absolute atomic E-state index is 14.0. The molecule has 3 aliphatic rings. The third kappa shape index (κ3) is 8.63. The van der Waals surface area contributed by atoms with Gasteiger partial charge in [0.25, 0.3) is 16.7 Å². The van der Waals surface area contributed by atoms with Gasteiger partial charge in [-0.25, -0.2) is 0 Å². The standard InChI is InChI=1S/C35H51N7O7/c1-37(2)9-15-41-32(43)25-6-7-26-30-29(25)27(34(41)45)24-28(31(30)35(46)42(33(26)44)16-10-38(3)4)36-8-18-47-20-22-49-23-21-48-19-17-40-13-11-39(5)12-14-40/h6-7,24,44H,8-23H2,1-5H3. The van der Waals surface area contributed by atoms with Crippen LogP contribution in [0.15, 0.2) is 37.6 Å². The first-order chi connectivity index (χ1) is 23.6. The van der Waals surface area contributed by atoms with Crippen LogP contribution in [0.3, 0.4) is 0 Å². The number of nitrogens with zero attached hydrogens (tertiary/aromatic N) is 7. The van der Waals surface area contributed by atoms with Crippen molar-refractivity contribution in [1.82, 2.24) is 28.7 Å². The minimum Gasteiger partial charge on any atom is -0.494 e. The molecule has 14 heteroatoms. The highest BCUT2D eigenvalue weighted by atomic mass is 16.5. The molecule has 0 bridgehead atoms. The Kier molecular flexibility index (Phi) is 12.7. The molecule has 5 rings (SSSR count). The number of hydrogen-bond acceptors (Lipinski definition) is 12. The molecule has 1 fully saturated rings. The third-order valence-corrected chi connectivity index (χ3v) is 9.12. The van der Waals surface area contributed by atoms with Crippen molar-refractivity contribution >= 4 is 21.5 Å². The molecule has 14 nitrogen and oxygen atoms in total. The fraction of sp³-hybridized carbons (Fsp3) is 0.600. The van der Waals surface area contributed by atoms with Crippen LogP contribution in [0.5, 0.6) is 5.88 Å². The SMILES string of the molecule is CN(C)CCn1c(O)c2ccc3c4c2c(c(=NCCOCCOCCOCCN2CCN(C)CC2)cc-4c(=O)n(CCN(C)C)c3=O)c1=O. The average Bonchev–Trinajstić information content (AvgIpc) is 3.07. The van der Waals surface area contributed by atoms with E-state index in [1.165, 1.54) is 9.13 Å². The van der Waals surface area contributed by atoms with E-state index in [1.54, 1.807) is 18.2 Å². The molecule has 0 atom stereocenters. The molecule has 1 N–H and O–H groups in total. The fourth-order valence-corrected chi connectivity index (χ4v) is 6.23. The highest BCUT2D eigenvalue weighted by Gasteiger charge is 2.26. The van der Waals surface area contributed by atoms with Crippen LogP contribution in [0.1, 0.15) is 0 Å². The molecule has 0 saturated carbocycles. The number of piperazine rings is 1. The van der Waals surface area contributed by atoms with Crippen molar-refractivity contribution in [2.45, 2.75) is 13.1 Å². The van der Waals surface area contributed by atoms with Crippen LogP contribution in [-0.2, 0) is 27.3 Å². The fourth-order valence-electron chi connectivity index (χ4n) is 6.23. The number of hydrogen-bond donors (Lipinski definition) is 1. The zero-order valence-corrected chi connectivity index (χ0v) is 29.6. The Bertz CT molecular complexity index is 1880. The van der Waals surface area contributed by atoms with Gasteiger partial charge in [0.05, 0.1) is 62.5 Å². The highest BCUT2D eigenvalue weighted by molar-refractivity contribution is 6.15. The number of rotatable bonds is 18. The Morgan fingerprint density at radius 2 is 1.31 bits per heavy atom. The van der Waals surface area contributed by atoms with Crippen LogP contribution in [0.25, 0.3) is 32.7 Å². The van der Waals surface area contributed by atoms with Gasteiger partial charge in [0, 0.05) is 80.6 Å². The number of likely N-dealkylation sites (N-methyl/N-ethyl adjacent to an activating group) is 3. The van der Waals surface area contributed by atoms with Crippen molar-refractivity contribution in [3.05, 3.63) is 54.6 Å². The van der Waals surface area contributed by atoms with Crippen LogP contribution in [0.2, 0.25) is 0 Å². The maximum atomic E-state index is 14.0. The summed E-state index contributed by atoms with van der Waals surface area (Å²) >= 11 is 0. The van der Waals surface area contributed by atoms with Gasteiger partial charge in [0.15, 0.2) is 0 Å². The van der Waals surface area contributed by atoms with Crippen molar-refractivity contribution < 1.29 is 19.3 Å². The van der Waals surface area contributed by atoms with Gasteiger partial charge >= 0.3 is 0 Å². The van der Waals surface area contributed by atoms with Gasteiger partial charge in [0.1, 0.15) is 0 Å². The van der Waals surface area contributed by atoms with E-state index in [0.717, 1.165) is 32.7 Å². The molecule has 2 aliphatic heterocycles. The molecule has 1 saturated heterocycles. The Labute approximate surface area is 286 Å². The van der Waals surface area contributed by atoms with Gasteiger partial charge in [-0.15, -0.1) is 0 Å². The van der Waals surface area contributed by atoms with E-state index < -0.39 is 16.7 Å². The third-order valence-electron chi connectivity index (χ3n) is 9.12. The number of pyridine rings is 2. The lowest BCUT2D eigenvalue weighted by Gasteiger charge is -2.32. The van der Waals surface area contributed by atoms with E-state index in [2.05, 4.69) is 16.8 Å².